The van der Waals surface area contributed by atoms with E-state index in [1.165, 1.54) is 0 Å². The third kappa shape index (κ3) is 4.15. The highest BCUT2D eigenvalue weighted by atomic mass is 79.9. The summed E-state index contributed by atoms with van der Waals surface area (Å²) in [6.07, 6.45) is 1.01. The molecule has 1 atom stereocenters. The van der Waals surface area contributed by atoms with Gasteiger partial charge in [0.1, 0.15) is 5.75 Å². The summed E-state index contributed by atoms with van der Waals surface area (Å²) in [7, 11) is 3.64. The molecule has 1 rings (SSSR count). The van der Waals surface area contributed by atoms with Gasteiger partial charge in [-0.05, 0) is 46.9 Å². The van der Waals surface area contributed by atoms with E-state index in [9.17, 15) is 0 Å². The molecule has 0 bridgehead atoms. The normalized spacial score (nSPS) is 13.5. The molecule has 0 saturated carbocycles. The van der Waals surface area contributed by atoms with Crippen molar-refractivity contribution in [1.82, 2.24) is 5.32 Å². The van der Waals surface area contributed by atoms with Gasteiger partial charge in [-0.15, -0.1) is 0 Å². The van der Waals surface area contributed by atoms with Crippen molar-refractivity contribution in [1.29, 1.82) is 0 Å². The first-order valence-electron chi connectivity index (χ1n) is 5.98. The Bertz CT molecular complexity index is 415. The molecule has 0 saturated heterocycles. The minimum absolute atomic E-state index is 0.218. The summed E-state index contributed by atoms with van der Waals surface area (Å²) in [5.74, 6) is 0.850. The Labute approximate surface area is 123 Å². The Kier molecular flexibility index (Phi) is 5.50. The van der Waals surface area contributed by atoms with Gasteiger partial charge >= 0.3 is 0 Å². The number of hydrogen-bond acceptors (Lipinski definition) is 2. The fourth-order valence-corrected chi connectivity index (χ4v) is 3.03. The molecule has 0 fully saturated rings. The summed E-state index contributed by atoms with van der Waals surface area (Å²) in [4.78, 5) is 0. The summed E-state index contributed by atoms with van der Waals surface area (Å²) in [6, 6.07) is 4.04. The molecule has 0 aliphatic heterocycles. The fraction of sp³-hybridized carbons (Fsp3) is 0.571. The number of nitrogens with one attached hydrogen (secondary N) is 1. The predicted octanol–water partition coefficient (Wildman–Crippen LogP) is 4.81. The van der Waals surface area contributed by atoms with E-state index in [1.807, 2.05) is 19.2 Å². The minimum atomic E-state index is 0.218. The summed E-state index contributed by atoms with van der Waals surface area (Å²) in [5, 5.41) is 4.06. The van der Waals surface area contributed by atoms with E-state index in [1.54, 1.807) is 7.11 Å². The van der Waals surface area contributed by atoms with Crippen LogP contribution in [0.25, 0.3) is 0 Å². The van der Waals surface area contributed by atoms with Crippen molar-refractivity contribution in [2.75, 3.05) is 14.2 Å². The molecule has 0 aromatic heterocycles. The zero-order valence-electron chi connectivity index (χ0n) is 11.6. The molecule has 1 N–H and O–H groups in total. The third-order valence-corrected chi connectivity index (χ3v) is 3.59. The van der Waals surface area contributed by atoms with Gasteiger partial charge in [-0.2, -0.15) is 0 Å². The van der Waals surface area contributed by atoms with Gasteiger partial charge in [-0.1, -0.05) is 32.4 Å². The van der Waals surface area contributed by atoms with Crippen molar-refractivity contribution in [2.45, 2.75) is 33.2 Å². The SMILES string of the molecule is CNC(CC(C)(C)C)c1cc(Cl)cc(Br)c1OC. The van der Waals surface area contributed by atoms with Crippen LogP contribution < -0.4 is 10.1 Å². The Balaban J connectivity index is 3.19. The maximum Gasteiger partial charge on any atom is 0.137 e. The quantitative estimate of drug-likeness (QED) is 0.853. The molecule has 18 heavy (non-hydrogen) atoms. The van der Waals surface area contributed by atoms with E-state index >= 15 is 0 Å². The zero-order valence-corrected chi connectivity index (χ0v) is 13.9. The lowest BCUT2D eigenvalue weighted by Gasteiger charge is -2.27. The van der Waals surface area contributed by atoms with E-state index in [0.717, 1.165) is 22.2 Å². The van der Waals surface area contributed by atoms with Gasteiger partial charge in [0.25, 0.3) is 0 Å². The minimum Gasteiger partial charge on any atom is -0.495 e. The van der Waals surface area contributed by atoms with Gasteiger partial charge < -0.3 is 10.1 Å². The lowest BCUT2D eigenvalue weighted by Crippen LogP contribution is -2.23. The Morgan fingerprint density at radius 1 is 1.39 bits per heavy atom. The molecule has 0 spiro atoms. The van der Waals surface area contributed by atoms with E-state index in [0.29, 0.717) is 5.02 Å². The molecular weight excluding hydrogens is 314 g/mol. The number of benzene rings is 1. The van der Waals surface area contributed by atoms with Gasteiger partial charge in [0, 0.05) is 16.6 Å². The van der Waals surface area contributed by atoms with Gasteiger partial charge in [-0.25, -0.2) is 0 Å². The Morgan fingerprint density at radius 2 is 2.00 bits per heavy atom. The predicted molar refractivity (Wildman–Crippen MR) is 81.6 cm³/mol. The number of ether oxygens (including phenoxy) is 1. The van der Waals surface area contributed by atoms with E-state index in [2.05, 4.69) is 42.0 Å². The highest BCUT2D eigenvalue weighted by molar-refractivity contribution is 9.10. The van der Waals surface area contributed by atoms with Crippen molar-refractivity contribution in [3.8, 4) is 5.75 Å². The van der Waals surface area contributed by atoms with Crippen LogP contribution in [0.2, 0.25) is 5.02 Å². The number of halogens is 2. The second kappa shape index (κ2) is 6.27. The molecule has 0 amide bonds. The highest BCUT2D eigenvalue weighted by Crippen LogP contribution is 2.39. The second-order valence-electron chi connectivity index (χ2n) is 5.62. The summed E-state index contributed by atoms with van der Waals surface area (Å²) in [6.45, 7) is 6.68. The van der Waals surface area contributed by atoms with Crippen LogP contribution in [0.4, 0.5) is 0 Å². The number of rotatable bonds is 4. The molecule has 0 radical (unpaired) electrons. The molecule has 102 valence electrons. The second-order valence-corrected chi connectivity index (χ2v) is 6.91. The molecule has 0 aliphatic rings. The lowest BCUT2D eigenvalue weighted by atomic mass is 9.85. The van der Waals surface area contributed by atoms with Crippen LogP contribution >= 0.6 is 27.5 Å². The largest absolute Gasteiger partial charge is 0.495 e. The summed E-state index contributed by atoms with van der Waals surface area (Å²) < 4.78 is 6.37. The molecule has 0 aliphatic carbocycles. The van der Waals surface area contributed by atoms with Crippen molar-refractivity contribution in [3.63, 3.8) is 0 Å². The zero-order chi connectivity index (χ0) is 13.9. The Hall–Kier alpha value is -0.250. The molecule has 2 nitrogen and oxygen atoms in total. The van der Waals surface area contributed by atoms with Crippen LogP contribution in [0, 0.1) is 5.41 Å². The van der Waals surface area contributed by atoms with Gasteiger partial charge in [-0.3, -0.25) is 0 Å². The molecule has 4 heteroatoms. The van der Waals surface area contributed by atoms with Gasteiger partial charge in [0.2, 0.25) is 0 Å². The lowest BCUT2D eigenvalue weighted by molar-refractivity contribution is 0.313. The standard InChI is InChI=1S/C14H21BrClNO/c1-14(2,3)8-12(17-4)10-6-9(16)7-11(15)13(10)18-5/h6-7,12,17H,8H2,1-5H3. The van der Waals surface area contributed by atoms with Gasteiger partial charge in [0.05, 0.1) is 11.6 Å². The van der Waals surface area contributed by atoms with Crippen LogP contribution in [-0.2, 0) is 0 Å². The Morgan fingerprint density at radius 3 is 2.44 bits per heavy atom. The third-order valence-electron chi connectivity index (χ3n) is 2.78. The van der Waals surface area contributed by atoms with Gasteiger partial charge in [0.15, 0.2) is 0 Å². The molecule has 1 unspecified atom stereocenters. The topological polar surface area (TPSA) is 21.3 Å². The van der Waals surface area contributed by atoms with Crippen molar-refractivity contribution in [3.05, 3.63) is 27.2 Å². The first kappa shape index (κ1) is 15.8. The molecular formula is C14H21BrClNO. The number of hydrogen-bond donors (Lipinski definition) is 1. The average Bonchev–Trinajstić information content (AvgIpc) is 2.23. The van der Waals surface area contributed by atoms with Crippen LogP contribution in [0.15, 0.2) is 16.6 Å². The van der Waals surface area contributed by atoms with Crippen LogP contribution in [0.3, 0.4) is 0 Å². The average molecular weight is 335 g/mol. The first-order chi connectivity index (χ1) is 8.28. The van der Waals surface area contributed by atoms with Crippen molar-refractivity contribution >= 4 is 27.5 Å². The maximum atomic E-state index is 6.14. The van der Waals surface area contributed by atoms with E-state index in [-0.39, 0.29) is 11.5 Å². The maximum absolute atomic E-state index is 6.14. The fourth-order valence-electron chi connectivity index (χ4n) is 2.03. The highest BCUT2D eigenvalue weighted by Gasteiger charge is 2.23. The molecule has 1 aromatic rings. The van der Waals surface area contributed by atoms with Crippen molar-refractivity contribution in [2.24, 2.45) is 5.41 Å². The van der Waals surface area contributed by atoms with Crippen LogP contribution in [-0.4, -0.2) is 14.2 Å². The summed E-state index contributed by atoms with van der Waals surface area (Å²) in [5.41, 5.74) is 1.32. The van der Waals surface area contributed by atoms with Crippen molar-refractivity contribution < 1.29 is 4.74 Å². The summed E-state index contributed by atoms with van der Waals surface area (Å²) >= 11 is 9.64. The monoisotopic (exact) mass is 333 g/mol. The molecule has 1 aromatic carbocycles. The van der Waals surface area contributed by atoms with Crippen LogP contribution in [0.5, 0.6) is 5.75 Å². The molecule has 0 heterocycles. The number of methoxy groups -OCH3 is 1. The first-order valence-corrected chi connectivity index (χ1v) is 7.16. The van der Waals surface area contributed by atoms with E-state index in [4.69, 9.17) is 16.3 Å². The van der Waals surface area contributed by atoms with Crippen LogP contribution in [0.1, 0.15) is 38.8 Å². The van der Waals surface area contributed by atoms with E-state index < -0.39 is 0 Å². The smallest absolute Gasteiger partial charge is 0.137 e.